The summed E-state index contributed by atoms with van der Waals surface area (Å²) in [5.41, 5.74) is 6.08. The molecule has 0 saturated heterocycles. The summed E-state index contributed by atoms with van der Waals surface area (Å²) in [6.45, 7) is 0. The first-order chi connectivity index (χ1) is 8.45. The Balaban J connectivity index is 2.36. The zero-order valence-corrected chi connectivity index (χ0v) is 12.6. The van der Waals surface area contributed by atoms with E-state index in [4.69, 9.17) is 45.3 Å². The number of halogens is 4. The second kappa shape index (κ2) is 5.53. The molecule has 0 aliphatic heterocycles. The van der Waals surface area contributed by atoms with Crippen LogP contribution >= 0.6 is 50.7 Å². The van der Waals surface area contributed by atoms with Crippen molar-refractivity contribution in [3.8, 4) is 11.6 Å². The van der Waals surface area contributed by atoms with E-state index in [-0.39, 0.29) is 11.0 Å². The van der Waals surface area contributed by atoms with Crippen molar-refractivity contribution in [1.82, 2.24) is 4.98 Å². The number of hydrogen-bond acceptors (Lipinski definition) is 3. The molecule has 3 nitrogen and oxygen atoms in total. The van der Waals surface area contributed by atoms with Crippen LogP contribution in [0.25, 0.3) is 0 Å². The predicted octanol–water partition coefficient (Wildman–Crippen LogP) is 5.18. The third-order valence-electron chi connectivity index (χ3n) is 1.98. The number of nitrogens with two attached hydrogens (primary N) is 1. The highest BCUT2D eigenvalue weighted by Crippen LogP contribution is 2.36. The fraction of sp³-hybridized carbons (Fsp3) is 0. The zero-order valence-electron chi connectivity index (χ0n) is 8.75. The number of anilines is 1. The molecule has 0 radical (unpaired) electrons. The van der Waals surface area contributed by atoms with E-state index in [0.717, 1.165) is 0 Å². The third-order valence-corrected chi connectivity index (χ3v) is 3.67. The molecular weight excluding hydrogens is 362 g/mol. The molecule has 0 aliphatic carbocycles. The van der Waals surface area contributed by atoms with Crippen LogP contribution in [0.2, 0.25) is 15.2 Å². The van der Waals surface area contributed by atoms with Crippen LogP contribution in [-0.2, 0) is 0 Å². The van der Waals surface area contributed by atoms with Gasteiger partial charge in [-0.25, -0.2) is 4.98 Å². The number of hydrogen-bond donors (Lipinski definition) is 1. The SMILES string of the molecule is Nc1cc(Cl)nc(Oc2cc(Cl)c(Br)cc2Cl)c1. The lowest BCUT2D eigenvalue weighted by atomic mass is 10.3. The van der Waals surface area contributed by atoms with Crippen LogP contribution in [0.4, 0.5) is 5.69 Å². The van der Waals surface area contributed by atoms with E-state index in [1.807, 2.05) is 0 Å². The Morgan fingerprint density at radius 1 is 1.06 bits per heavy atom. The van der Waals surface area contributed by atoms with Gasteiger partial charge < -0.3 is 10.5 Å². The summed E-state index contributed by atoms with van der Waals surface area (Å²) in [6, 6.07) is 6.27. The summed E-state index contributed by atoms with van der Waals surface area (Å²) >= 11 is 21.0. The predicted molar refractivity (Wildman–Crippen MR) is 77.9 cm³/mol. The Bertz CT molecular complexity index is 587. The molecule has 0 spiro atoms. The highest BCUT2D eigenvalue weighted by atomic mass is 79.9. The normalized spacial score (nSPS) is 10.4. The van der Waals surface area contributed by atoms with Crippen molar-refractivity contribution >= 4 is 56.4 Å². The Morgan fingerprint density at radius 3 is 2.44 bits per heavy atom. The molecule has 2 N–H and O–H groups in total. The van der Waals surface area contributed by atoms with E-state index in [9.17, 15) is 0 Å². The van der Waals surface area contributed by atoms with Crippen molar-refractivity contribution in [1.29, 1.82) is 0 Å². The summed E-state index contributed by atoms with van der Waals surface area (Å²) < 4.78 is 6.17. The minimum Gasteiger partial charge on any atom is -0.437 e. The molecule has 0 aliphatic rings. The maximum Gasteiger partial charge on any atom is 0.222 e. The van der Waals surface area contributed by atoms with Gasteiger partial charge in [0.2, 0.25) is 5.88 Å². The van der Waals surface area contributed by atoms with Gasteiger partial charge in [0, 0.05) is 22.3 Å². The van der Waals surface area contributed by atoms with Gasteiger partial charge in [0.05, 0.1) is 10.0 Å². The van der Waals surface area contributed by atoms with E-state index in [1.165, 1.54) is 12.1 Å². The number of ether oxygens (including phenoxy) is 1. The smallest absolute Gasteiger partial charge is 0.222 e. The Kier molecular flexibility index (Phi) is 4.22. The summed E-state index contributed by atoms with van der Waals surface area (Å²) in [5.74, 6) is 0.624. The first-order valence-electron chi connectivity index (χ1n) is 4.71. The molecule has 2 rings (SSSR count). The van der Waals surface area contributed by atoms with Crippen LogP contribution in [0, 0.1) is 0 Å². The van der Waals surface area contributed by atoms with E-state index in [1.54, 1.807) is 12.1 Å². The van der Waals surface area contributed by atoms with Gasteiger partial charge in [-0.3, -0.25) is 0 Å². The maximum atomic E-state index is 6.03. The van der Waals surface area contributed by atoms with E-state index in [0.29, 0.717) is 26.0 Å². The summed E-state index contributed by atoms with van der Waals surface area (Å²) in [6.07, 6.45) is 0. The van der Waals surface area contributed by atoms with Crippen LogP contribution < -0.4 is 10.5 Å². The third kappa shape index (κ3) is 3.20. The van der Waals surface area contributed by atoms with E-state index in [2.05, 4.69) is 20.9 Å². The number of aromatic nitrogens is 1. The highest BCUT2D eigenvalue weighted by Gasteiger charge is 2.09. The highest BCUT2D eigenvalue weighted by molar-refractivity contribution is 9.10. The molecule has 0 atom stereocenters. The Labute approximate surface area is 127 Å². The first-order valence-corrected chi connectivity index (χ1v) is 6.64. The molecule has 94 valence electrons. The van der Waals surface area contributed by atoms with Crippen molar-refractivity contribution < 1.29 is 4.74 Å². The molecular formula is C11H6BrCl3N2O. The summed E-state index contributed by atoms with van der Waals surface area (Å²) in [7, 11) is 0. The van der Waals surface area contributed by atoms with Crippen molar-refractivity contribution in [3.05, 3.63) is 43.9 Å². The maximum absolute atomic E-state index is 6.03. The quantitative estimate of drug-likeness (QED) is 0.587. The molecule has 0 fully saturated rings. The van der Waals surface area contributed by atoms with Gasteiger partial charge >= 0.3 is 0 Å². The molecule has 18 heavy (non-hydrogen) atoms. The largest absolute Gasteiger partial charge is 0.437 e. The Hall–Kier alpha value is -0.680. The van der Waals surface area contributed by atoms with Gasteiger partial charge in [0.25, 0.3) is 0 Å². The zero-order chi connectivity index (χ0) is 13.3. The number of nitrogen functional groups attached to an aromatic ring is 1. The number of pyridine rings is 1. The minimum absolute atomic E-state index is 0.240. The van der Waals surface area contributed by atoms with Crippen molar-refractivity contribution in [2.45, 2.75) is 0 Å². The van der Waals surface area contributed by atoms with Crippen LogP contribution in [-0.4, -0.2) is 4.98 Å². The standard InChI is InChI=1S/C11H6BrCl3N2O/c12-6-3-8(14)9(4-7(6)13)18-11-2-5(16)1-10(15)17-11/h1-4H,(H2,16,17). The van der Waals surface area contributed by atoms with Crippen molar-refractivity contribution in [3.63, 3.8) is 0 Å². The monoisotopic (exact) mass is 366 g/mol. The average Bonchev–Trinajstić information content (AvgIpc) is 2.24. The molecule has 0 saturated carbocycles. The lowest BCUT2D eigenvalue weighted by molar-refractivity contribution is 0.463. The lowest BCUT2D eigenvalue weighted by Gasteiger charge is -2.09. The van der Waals surface area contributed by atoms with Gasteiger partial charge in [-0.15, -0.1) is 0 Å². The van der Waals surface area contributed by atoms with Crippen LogP contribution in [0.1, 0.15) is 0 Å². The van der Waals surface area contributed by atoms with Gasteiger partial charge in [0.15, 0.2) is 0 Å². The van der Waals surface area contributed by atoms with Crippen molar-refractivity contribution in [2.75, 3.05) is 5.73 Å². The molecule has 1 heterocycles. The molecule has 0 amide bonds. The van der Waals surface area contributed by atoms with Gasteiger partial charge in [-0.1, -0.05) is 34.8 Å². The lowest BCUT2D eigenvalue weighted by Crippen LogP contribution is -1.92. The molecule has 1 aromatic carbocycles. The molecule has 2 aromatic rings. The average molecular weight is 368 g/mol. The molecule has 7 heteroatoms. The summed E-state index contributed by atoms with van der Waals surface area (Å²) in [4.78, 5) is 3.97. The second-order valence-electron chi connectivity index (χ2n) is 3.36. The van der Waals surface area contributed by atoms with Crippen LogP contribution in [0.15, 0.2) is 28.7 Å². The van der Waals surface area contributed by atoms with E-state index >= 15 is 0 Å². The second-order valence-corrected chi connectivity index (χ2v) is 5.42. The Morgan fingerprint density at radius 2 is 1.78 bits per heavy atom. The number of rotatable bonds is 2. The number of nitrogens with zero attached hydrogens (tertiary/aromatic N) is 1. The molecule has 0 unspecified atom stereocenters. The fourth-order valence-corrected chi connectivity index (χ4v) is 2.28. The van der Waals surface area contributed by atoms with Crippen LogP contribution in [0.5, 0.6) is 11.6 Å². The first kappa shape index (κ1) is 13.7. The number of benzene rings is 1. The van der Waals surface area contributed by atoms with Gasteiger partial charge in [0.1, 0.15) is 10.9 Å². The topological polar surface area (TPSA) is 48.1 Å². The van der Waals surface area contributed by atoms with Crippen molar-refractivity contribution in [2.24, 2.45) is 0 Å². The van der Waals surface area contributed by atoms with Gasteiger partial charge in [-0.2, -0.15) is 0 Å². The van der Waals surface area contributed by atoms with Crippen LogP contribution in [0.3, 0.4) is 0 Å². The van der Waals surface area contributed by atoms with Gasteiger partial charge in [-0.05, 0) is 28.1 Å². The van der Waals surface area contributed by atoms with E-state index < -0.39 is 0 Å². The fourth-order valence-electron chi connectivity index (χ4n) is 1.24. The molecule has 0 bridgehead atoms. The minimum atomic E-state index is 0.240. The molecule has 1 aromatic heterocycles. The summed E-state index contributed by atoms with van der Waals surface area (Å²) in [5, 5.41) is 1.11.